The topological polar surface area (TPSA) is 87.7 Å². The third-order valence-electron chi connectivity index (χ3n) is 6.78. The third kappa shape index (κ3) is 3.75. The summed E-state index contributed by atoms with van der Waals surface area (Å²) in [6, 6.07) is 13.4. The lowest BCUT2D eigenvalue weighted by atomic mass is 10.1. The van der Waals surface area contributed by atoms with Gasteiger partial charge in [0, 0.05) is 48.1 Å². The molecule has 8 heteroatoms. The van der Waals surface area contributed by atoms with Gasteiger partial charge in [0.25, 0.3) is 5.56 Å². The Hall–Kier alpha value is -4.07. The van der Waals surface area contributed by atoms with Gasteiger partial charge in [0.1, 0.15) is 11.0 Å². The number of rotatable bonds is 6. The molecule has 0 spiro atoms. The molecular formula is C27H24N6O2. The van der Waals surface area contributed by atoms with Crippen molar-refractivity contribution in [3.63, 3.8) is 0 Å². The number of pyridine rings is 2. The van der Waals surface area contributed by atoms with Gasteiger partial charge in [-0.1, -0.05) is 6.07 Å². The fourth-order valence-electron chi connectivity index (χ4n) is 4.50. The van der Waals surface area contributed by atoms with Gasteiger partial charge >= 0.3 is 0 Å². The highest BCUT2D eigenvalue weighted by atomic mass is 16.5. The summed E-state index contributed by atoms with van der Waals surface area (Å²) in [5.74, 6) is 1.67. The Bertz CT molecular complexity index is 1640. The molecule has 0 aliphatic heterocycles. The van der Waals surface area contributed by atoms with E-state index in [1.54, 1.807) is 10.9 Å². The Kier molecular flexibility index (Phi) is 4.49. The van der Waals surface area contributed by atoms with Crippen LogP contribution in [0.1, 0.15) is 37.3 Å². The highest BCUT2D eigenvalue weighted by Gasteiger charge is 2.26. The first-order valence-electron chi connectivity index (χ1n) is 12.1. The molecule has 2 saturated carbocycles. The average Bonchev–Trinajstić information content (AvgIpc) is 3.79. The predicted octanol–water partition coefficient (Wildman–Crippen LogP) is 4.40. The van der Waals surface area contributed by atoms with E-state index in [4.69, 9.17) is 9.72 Å². The molecule has 0 atom stereocenters. The minimum Gasteiger partial charge on any atom is -0.477 e. The van der Waals surface area contributed by atoms with Crippen molar-refractivity contribution in [2.45, 2.75) is 31.6 Å². The first-order chi connectivity index (χ1) is 17.1. The maximum atomic E-state index is 13.9. The minimum atomic E-state index is -0.242. The standard InChI is InChI=1S/C27H24N6O2/c1-32-14-19-12-20(7-9-22(19)30-32)33-27(34)25(18-6-8-21(28-13-18)17-4-5-17)26-23(31-33)10-11-24(29-26)35-15-16-2-3-16/h6-14,16-17H,2-5,15H2,1H3. The zero-order valence-corrected chi connectivity index (χ0v) is 19.4. The summed E-state index contributed by atoms with van der Waals surface area (Å²) in [5, 5.41) is 10.1. The van der Waals surface area contributed by atoms with Gasteiger partial charge in [-0.3, -0.25) is 14.5 Å². The van der Waals surface area contributed by atoms with Crippen molar-refractivity contribution in [2.75, 3.05) is 6.61 Å². The summed E-state index contributed by atoms with van der Waals surface area (Å²) in [5.41, 5.74) is 4.74. The monoisotopic (exact) mass is 464 g/mol. The number of benzene rings is 1. The summed E-state index contributed by atoms with van der Waals surface area (Å²) in [7, 11) is 1.88. The zero-order chi connectivity index (χ0) is 23.5. The molecule has 2 fully saturated rings. The van der Waals surface area contributed by atoms with Crippen LogP contribution in [0.4, 0.5) is 0 Å². The van der Waals surface area contributed by atoms with E-state index in [0.29, 0.717) is 46.6 Å². The molecule has 0 saturated heterocycles. The smallest absolute Gasteiger partial charge is 0.281 e. The second-order valence-corrected chi connectivity index (χ2v) is 9.66. The lowest BCUT2D eigenvalue weighted by Gasteiger charge is -2.12. The number of aromatic nitrogens is 6. The van der Waals surface area contributed by atoms with E-state index in [2.05, 4.69) is 15.2 Å². The number of aryl methyl sites for hydroxylation is 1. The van der Waals surface area contributed by atoms with Gasteiger partial charge in [-0.25, -0.2) is 4.98 Å². The van der Waals surface area contributed by atoms with Crippen LogP contribution in [0, 0.1) is 5.92 Å². The van der Waals surface area contributed by atoms with Crippen molar-refractivity contribution >= 4 is 21.9 Å². The van der Waals surface area contributed by atoms with Crippen molar-refractivity contribution in [1.29, 1.82) is 0 Å². The van der Waals surface area contributed by atoms with Gasteiger partial charge in [0.15, 0.2) is 0 Å². The number of hydrogen-bond donors (Lipinski definition) is 0. The van der Waals surface area contributed by atoms with E-state index < -0.39 is 0 Å². The van der Waals surface area contributed by atoms with E-state index in [9.17, 15) is 4.79 Å². The van der Waals surface area contributed by atoms with E-state index in [-0.39, 0.29) is 5.56 Å². The molecule has 4 heterocycles. The second-order valence-electron chi connectivity index (χ2n) is 9.66. The van der Waals surface area contributed by atoms with Crippen molar-refractivity contribution < 1.29 is 4.74 Å². The Balaban J connectivity index is 1.41. The lowest BCUT2D eigenvalue weighted by molar-refractivity contribution is 0.289. The molecule has 8 nitrogen and oxygen atoms in total. The van der Waals surface area contributed by atoms with Crippen molar-refractivity contribution in [3.8, 4) is 22.7 Å². The van der Waals surface area contributed by atoms with E-state index in [0.717, 1.165) is 22.2 Å². The molecule has 5 aromatic rings. The molecule has 35 heavy (non-hydrogen) atoms. The normalized spacial score (nSPS) is 15.7. The second kappa shape index (κ2) is 7.73. The van der Waals surface area contributed by atoms with Crippen LogP contribution < -0.4 is 10.3 Å². The lowest BCUT2D eigenvalue weighted by Crippen LogP contribution is -2.23. The molecule has 4 aromatic heterocycles. The summed E-state index contributed by atoms with van der Waals surface area (Å²) >= 11 is 0. The quantitative estimate of drug-likeness (QED) is 0.370. The van der Waals surface area contributed by atoms with Crippen LogP contribution in [0.5, 0.6) is 5.88 Å². The SMILES string of the molecule is Cn1cc2cc(-n3nc4ccc(OCC5CC5)nc4c(-c4ccc(C5CC5)nc4)c3=O)ccc2n1. The summed E-state index contributed by atoms with van der Waals surface area (Å²) < 4.78 is 9.13. The minimum absolute atomic E-state index is 0.242. The highest BCUT2D eigenvalue weighted by Crippen LogP contribution is 2.39. The van der Waals surface area contributed by atoms with Gasteiger partial charge in [0.05, 0.1) is 23.4 Å². The maximum absolute atomic E-state index is 13.9. The number of nitrogens with zero attached hydrogens (tertiary/aromatic N) is 6. The molecule has 0 bridgehead atoms. The van der Waals surface area contributed by atoms with Crippen molar-refractivity contribution in [2.24, 2.45) is 13.0 Å². The van der Waals surface area contributed by atoms with Crippen LogP contribution in [-0.2, 0) is 7.05 Å². The molecule has 174 valence electrons. The molecule has 2 aliphatic carbocycles. The number of hydrogen-bond acceptors (Lipinski definition) is 6. The summed E-state index contributed by atoms with van der Waals surface area (Å²) in [4.78, 5) is 23.3. The Labute approximate surface area is 201 Å². The first kappa shape index (κ1) is 20.3. The van der Waals surface area contributed by atoms with Crippen LogP contribution in [0.3, 0.4) is 0 Å². The molecule has 0 amide bonds. The van der Waals surface area contributed by atoms with Gasteiger partial charge in [-0.15, -0.1) is 0 Å². The van der Waals surface area contributed by atoms with Gasteiger partial charge in [-0.05, 0) is 61.9 Å². The van der Waals surface area contributed by atoms with Gasteiger partial charge in [0.2, 0.25) is 5.88 Å². The molecule has 0 radical (unpaired) electrons. The van der Waals surface area contributed by atoms with Crippen molar-refractivity contribution in [1.82, 2.24) is 29.5 Å². The fraction of sp³-hybridized carbons (Fsp3) is 0.296. The van der Waals surface area contributed by atoms with Crippen molar-refractivity contribution in [3.05, 3.63) is 70.9 Å². The van der Waals surface area contributed by atoms with Crippen LogP contribution in [0.25, 0.3) is 38.8 Å². The highest BCUT2D eigenvalue weighted by molar-refractivity contribution is 5.91. The Morgan fingerprint density at radius 3 is 2.63 bits per heavy atom. The van der Waals surface area contributed by atoms with Crippen LogP contribution >= 0.6 is 0 Å². The third-order valence-corrected chi connectivity index (χ3v) is 6.78. The van der Waals surface area contributed by atoms with Gasteiger partial charge < -0.3 is 4.74 Å². The van der Waals surface area contributed by atoms with E-state index in [1.807, 2.05) is 55.7 Å². The van der Waals surface area contributed by atoms with E-state index in [1.165, 1.54) is 30.4 Å². The average molecular weight is 465 g/mol. The zero-order valence-electron chi connectivity index (χ0n) is 19.4. The van der Waals surface area contributed by atoms with Crippen LogP contribution in [0.15, 0.2) is 59.7 Å². The molecule has 0 N–H and O–H groups in total. The number of ether oxygens (including phenoxy) is 1. The molecule has 1 aromatic carbocycles. The molecule has 7 rings (SSSR count). The maximum Gasteiger partial charge on any atom is 0.281 e. The molecular weight excluding hydrogens is 440 g/mol. The first-order valence-corrected chi connectivity index (χ1v) is 12.1. The largest absolute Gasteiger partial charge is 0.477 e. The van der Waals surface area contributed by atoms with Gasteiger partial charge in [-0.2, -0.15) is 14.9 Å². The Morgan fingerprint density at radius 1 is 1.00 bits per heavy atom. The fourth-order valence-corrected chi connectivity index (χ4v) is 4.50. The van der Waals surface area contributed by atoms with Crippen LogP contribution in [-0.4, -0.2) is 36.1 Å². The summed E-state index contributed by atoms with van der Waals surface area (Å²) in [6.07, 6.45) is 8.47. The molecule has 0 unspecified atom stereocenters. The number of fused-ring (bicyclic) bond motifs is 2. The van der Waals surface area contributed by atoms with E-state index >= 15 is 0 Å². The predicted molar refractivity (Wildman–Crippen MR) is 133 cm³/mol. The summed E-state index contributed by atoms with van der Waals surface area (Å²) in [6.45, 7) is 0.654. The Morgan fingerprint density at radius 2 is 1.86 bits per heavy atom. The van der Waals surface area contributed by atoms with Crippen LogP contribution in [0.2, 0.25) is 0 Å². The molecule has 2 aliphatic rings.